The molecule has 0 spiro atoms. The first-order valence-corrected chi connectivity index (χ1v) is 5.48. The van der Waals surface area contributed by atoms with Crippen molar-refractivity contribution in [2.45, 2.75) is 18.3 Å². The molecule has 0 saturated carbocycles. The van der Waals surface area contributed by atoms with Gasteiger partial charge in [0.2, 0.25) is 0 Å². The Hall–Kier alpha value is -1.97. The minimum absolute atomic E-state index is 0.0321. The van der Waals surface area contributed by atoms with Crippen LogP contribution in [0.4, 0.5) is 0 Å². The molecule has 88 valence electrons. The van der Waals surface area contributed by atoms with Crippen molar-refractivity contribution in [3.63, 3.8) is 0 Å². The number of hydrogen-bond acceptors (Lipinski definition) is 4. The van der Waals surface area contributed by atoms with Gasteiger partial charge < -0.3 is 14.9 Å². The molecule has 2 N–H and O–H groups in total. The van der Waals surface area contributed by atoms with Crippen LogP contribution in [0.25, 0.3) is 0 Å². The maximum absolute atomic E-state index is 11.5. The normalized spacial score (nSPS) is 23.8. The lowest BCUT2D eigenvalue weighted by atomic mass is 9.93. The fourth-order valence-electron chi connectivity index (χ4n) is 2.80. The maximum atomic E-state index is 11.5. The van der Waals surface area contributed by atoms with E-state index in [0.29, 0.717) is 0 Å². The fourth-order valence-corrected chi connectivity index (χ4v) is 2.80. The van der Waals surface area contributed by atoms with Gasteiger partial charge >= 0.3 is 5.97 Å². The molecule has 2 atom stereocenters. The zero-order valence-corrected chi connectivity index (χ0v) is 9.30. The summed E-state index contributed by atoms with van der Waals surface area (Å²) in [6.45, 7) is 0. The van der Waals surface area contributed by atoms with Crippen molar-refractivity contribution in [3.8, 4) is 11.5 Å². The third-order valence-electron chi connectivity index (χ3n) is 3.60. The SMILES string of the molecule is COC(=O)c1cc2c(c(O)c1O)C1C=CC2C1. The number of methoxy groups -OCH3 is 1. The summed E-state index contributed by atoms with van der Waals surface area (Å²) in [5.74, 6) is -0.791. The van der Waals surface area contributed by atoms with Gasteiger partial charge in [0.15, 0.2) is 11.5 Å². The highest BCUT2D eigenvalue weighted by atomic mass is 16.5. The quantitative estimate of drug-likeness (QED) is 0.441. The minimum Gasteiger partial charge on any atom is -0.504 e. The van der Waals surface area contributed by atoms with E-state index in [2.05, 4.69) is 10.8 Å². The molecule has 1 aromatic carbocycles. The van der Waals surface area contributed by atoms with Crippen molar-refractivity contribution in [2.75, 3.05) is 7.11 Å². The number of esters is 1. The van der Waals surface area contributed by atoms with Crippen molar-refractivity contribution in [3.05, 3.63) is 34.9 Å². The van der Waals surface area contributed by atoms with E-state index in [1.807, 2.05) is 6.08 Å². The predicted molar refractivity (Wildman–Crippen MR) is 60.4 cm³/mol. The molecule has 0 aromatic heterocycles. The van der Waals surface area contributed by atoms with Gasteiger partial charge in [0.25, 0.3) is 0 Å². The molecule has 0 fully saturated rings. The molecule has 0 heterocycles. The van der Waals surface area contributed by atoms with Crippen molar-refractivity contribution < 1.29 is 19.7 Å². The van der Waals surface area contributed by atoms with E-state index >= 15 is 0 Å². The molecule has 2 bridgehead atoms. The van der Waals surface area contributed by atoms with Crippen molar-refractivity contribution in [1.29, 1.82) is 0 Å². The molecular formula is C13H12O4. The second-order valence-electron chi connectivity index (χ2n) is 4.45. The van der Waals surface area contributed by atoms with Crippen LogP contribution in [0.5, 0.6) is 11.5 Å². The molecule has 1 aromatic rings. The Morgan fingerprint density at radius 3 is 2.71 bits per heavy atom. The second kappa shape index (κ2) is 3.26. The number of phenols is 2. The summed E-state index contributed by atoms with van der Waals surface area (Å²) in [6.07, 6.45) is 5.02. The number of fused-ring (bicyclic) bond motifs is 5. The molecule has 3 rings (SSSR count). The average Bonchev–Trinajstić information content (AvgIpc) is 2.93. The summed E-state index contributed by atoms with van der Waals surface area (Å²) in [6, 6.07) is 1.63. The molecule has 2 unspecified atom stereocenters. The van der Waals surface area contributed by atoms with E-state index in [9.17, 15) is 15.0 Å². The lowest BCUT2D eigenvalue weighted by Crippen LogP contribution is -2.05. The smallest absolute Gasteiger partial charge is 0.341 e. The van der Waals surface area contributed by atoms with Gasteiger partial charge in [-0.2, -0.15) is 0 Å². The molecule has 0 amide bonds. The molecule has 0 saturated heterocycles. The van der Waals surface area contributed by atoms with E-state index in [-0.39, 0.29) is 28.9 Å². The number of aromatic hydroxyl groups is 2. The van der Waals surface area contributed by atoms with Crippen LogP contribution >= 0.6 is 0 Å². The highest BCUT2D eigenvalue weighted by Gasteiger charge is 2.37. The van der Waals surface area contributed by atoms with Crippen LogP contribution in [0.1, 0.15) is 39.7 Å². The van der Waals surface area contributed by atoms with E-state index < -0.39 is 5.97 Å². The number of hydrogen-bond donors (Lipinski definition) is 2. The number of ether oxygens (including phenoxy) is 1. The van der Waals surface area contributed by atoms with Crippen LogP contribution < -0.4 is 0 Å². The predicted octanol–water partition coefficient (Wildman–Crippen LogP) is 2.03. The standard InChI is InChI=1S/C13H12O4/c1-17-13(16)9-5-8-6-2-3-7(4-6)10(8)12(15)11(9)14/h2-3,5-7,14-15H,4H2,1H3. The van der Waals surface area contributed by atoms with Gasteiger partial charge in [-0.1, -0.05) is 12.2 Å². The Labute approximate surface area is 98.1 Å². The molecule has 17 heavy (non-hydrogen) atoms. The monoisotopic (exact) mass is 232 g/mol. The first-order chi connectivity index (χ1) is 8.13. The first kappa shape index (κ1) is 10.2. The van der Waals surface area contributed by atoms with Gasteiger partial charge in [-0.25, -0.2) is 4.79 Å². The van der Waals surface area contributed by atoms with E-state index in [4.69, 9.17) is 0 Å². The van der Waals surface area contributed by atoms with E-state index in [1.54, 1.807) is 6.07 Å². The number of rotatable bonds is 1. The minimum atomic E-state index is -0.632. The number of benzene rings is 1. The van der Waals surface area contributed by atoms with Crippen LogP contribution in [0.15, 0.2) is 18.2 Å². The Morgan fingerprint density at radius 2 is 2.00 bits per heavy atom. The number of carbonyl (C=O) groups excluding carboxylic acids is 1. The highest BCUT2D eigenvalue weighted by Crippen LogP contribution is 2.54. The molecule has 0 radical (unpaired) electrons. The number of allylic oxidation sites excluding steroid dienone is 2. The molecule has 2 aliphatic rings. The third-order valence-corrected chi connectivity index (χ3v) is 3.60. The molecule has 4 heteroatoms. The lowest BCUT2D eigenvalue weighted by molar-refractivity contribution is 0.0596. The van der Waals surface area contributed by atoms with Gasteiger partial charge in [-0.3, -0.25) is 0 Å². The summed E-state index contributed by atoms with van der Waals surface area (Å²) >= 11 is 0. The van der Waals surface area contributed by atoms with Crippen molar-refractivity contribution in [1.82, 2.24) is 0 Å². The first-order valence-electron chi connectivity index (χ1n) is 5.48. The molecular weight excluding hydrogens is 220 g/mol. The van der Waals surface area contributed by atoms with Gasteiger partial charge in [0.1, 0.15) is 5.56 Å². The highest BCUT2D eigenvalue weighted by molar-refractivity contribution is 5.94. The summed E-state index contributed by atoms with van der Waals surface area (Å²) in [7, 11) is 1.25. The van der Waals surface area contributed by atoms with Gasteiger partial charge in [-0.15, -0.1) is 0 Å². The maximum Gasteiger partial charge on any atom is 0.341 e. The Balaban J connectivity index is 2.22. The van der Waals surface area contributed by atoms with Crippen LogP contribution in [0, 0.1) is 0 Å². The Morgan fingerprint density at radius 1 is 1.29 bits per heavy atom. The van der Waals surface area contributed by atoms with Gasteiger partial charge in [0, 0.05) is 17.4 Å². The zero-order chi connectivity index (χ0) is 12.2. The van der Waals surface area contributed by atoms with E-state index in [0.717, 1.165) is 17.5 Å². The second-order valence-corrected chi connectivity index (χ2v) is 4.45. The number of phenolic OH excluding ortho intramolecular Hbond substituents is 2. The van der Waals surface area contributed by atoms with E-state index in [1.165, 1.54) is 7.11 Å². The van der Waals surface area contributed by atoms with Crippen LogP contribution in [0.2, 0.25) is 0 Å². The van der Waals surface area contributed by atoms with Crippen LogP contribution in [-0.4, -0.2) is 23.3 Å². The summed E-state index contributed by atoms with van der Waals surface area (Å²) in [5, 5.41) is 19.8. The molecule has 4 nitrogen and oxygen atoms in total. The average molecular weight is 232 g/mol. The third kappa shape index (κ3) is 1.21. The van der Waals surface area contributed by atoms with Gasteiger partial charge in [-0.05, 0) is 18.1 Å². The summed E-state index contributed by atoms with van der Waals surface area (Å²) in [4.78, 5) is 11.5. The van der Waals surface area contributed by atoms with Crippen LogP contribution in [-0.2, 0) is 4.74 Å². The van der Waals surface area contributed by atoms with Crippen molar-refractivity contribution in [2.24, 2.45) is 0 Å². The number of carbonyl (C=O) groups is 1. The van der Waals surface area contributed by atoms with Gasteiger partial charge in [0.05, 0.1) is 7.11 Å². The lowest BCUT2D eigenvalue weighted by Gasteiger charge is -2.15. The fraction of sp³-hybridized carbons (Fsp3) is 0.308. The Bertz CT molecular complexity index is 545. The molecule has 0 aliphatic heterocycles. The Kier molecular flexibility index (Phi) is 1.96. The zero-order valence-electron chi connectivity index (χ0n) is 9.30. The van der Waals surface area contributed by atoms with Crippen LogP contribution in [0.3, 0.4) is 0 Å². The summed E-state index contributed by atoms with van der Waals surface area (Å²) in [5.41, 5.74) is 1.71. The molecule has 2 aliphatic carbocycles. The largest absolute Gasteiger partial charge is 0.504 e. The van der Waals surface area contributed by atoms with Crippen molar-refractivity contribution >= 4 is 5.97 Å². The summed E-state index contributed by atoms with van der Waals surface area (Å²) < 4.78 is 4.58. The topological polar surface area (TPSA) is 66.8 Å².